The molecule has 0 amide bonds. The van der Waals surface area contributed by atoms with Gasteiger partial charge in [-0.2, -0.15) is 0 Å². The van der Waals surface area contributed by atoms with Crippen molar-refractivity contribution in [3.8, 4) is 11.1 Å². The van der Waals surface area contributed by atoms with Crippen LogP contribution in [0, 0.1) is 12.3 Å². The standard InChI is InChI=1S/C39H53N3/c1-8-11-13-35-24-32(23-34(12-9-2)38(35)33-16-14-31(6)15-17-33)28-42-21-19-39(18-10-3,20-22-42)29-41(7)37-25-36(30(4)5)26-40-27-37/h10,14-17,23-27H,3-4,8-9,11-13,18-22,28-29H2,1-2,5-7H3. The van der Waals surface area contributed by atoms with E-state index in [9.17, 15) is 0 Å². The lowest BCUT2D eigenvalue weighted by Gasteiger charge is -2.44. The third-order valence-electron chi connectivity index (χ3n) is 9.15. The number of rotatable bonds is 14. The summed E-state index contributed by atoms with van der Waals surface area (Å²) in [5, 5.41) is 0. The van der Waals surface area contributed by atoms with E-state index in [-0.39, 0.29) is 5.41 Å². The lowest BCUT2D eigenvalue weighted by atomic mass is 9.75. The first-order chi connectivity index (χ1) is 20.3. The van der Waals surface area contributed by atoms with Gasteiger partial charge in [0.2, 0.25) is 0 Å². The molecule has 0 spiro atoms. The molecule has 1 aliphatic heterocycles. The van der Waals surface area contributed by atoms with E-state index in [1.54, 1.807) is 0 Å². The molecule has 1 aliphatic rings. The molecule has 2 aromatic carbocycles. The van der Waals surface area contributed by atoms with Gasteiger partial charge in [0.25, 0.3) is 0 Å². The highest BCUT2D eigenvalue weighted by molar-refractivity contribution is 5.72. The Bertz CT molecular complexity index is 1330. The quantitative estimate of drug-likeness (QED) is 0.182. The minimum atomic E-state index is 0.237. The first-order valence-corrected chi connectivity index (χ1v) is 16.1. The van der Waals surface area contributed by atoms with Gasteiger partial charge in [-0.3, -0.25) is 9.88 Å². The van der Waals surface area contributed by atoms with Crippen LogP contribution >= 0.6 is 0 Å². The number of hydrogen-bond donors (Lipinski definition) is 0. The largest absolute Gasteiger partial charge is 0.373 e. The van der Waals surface area contributed by atoms with Crippen LogP contribution in [0.3, 0.4) is 0 Å². The summed E-state index contributed by atoms with van der Waals surface area (Å²) in [6.07, 6.45) is 15.3. The van der Waals surface area contributed by atoms with Crippen LogP contribution in [0.4, 0.5) is 5.69 Å². The summed E-state index contributed by atoms with van der Waals surface area (Å²) in [6, 6.07) is 16.4. The summed E-state index contributed by atoms with van der Waals surface area (Å²) in [6.45, 7) is 21.4. The van der Waals surface area contributed by atoms with Crippen LogP contribution < -0.4 is 4.90 Å². The monoisotopic (exact) mass is 563 g/mol. The maximum atomic E-state index is 4.49. The van der Waals surface area contributed by atoms with Gasteiger partial charge >= 0.3 is 0 Å². The Kier molecular flexibility index (Phi) is 11.2. The summed E-state index contributed by atoms with van der Waals surface area (Å²) >= 11 is 0. The number of benzene rings is 2. The zero-order valence-corrected chi connectivity index (χ0v) is 27.0. The fraction of sp³-hybridized carbons (Fsp3) is 0.462. The smallest absolute Gasteiger partial charge is 0.0556 e. The van der Waals surface area contributed by atoms with E-state index in [2.05, 4.69) is 104 Å². The number of aryl methyl sites for hydroxylation is 3. The van der Waals surface area contributed by atoms with Gasteiger partial charge in [0.15, 0.2) is 0 Å². The number of likely N-dealkylation sites (tertiary alicyclic amines) is 1. The highest BCUT2D eigenvalue weighted by Crippen LogP contribution is 2.38. The summed E-state index contributed by atoms with van der Waals surface area (Å²) in [7, 11) is 2.21. The third-order valence-corrected chi connectivity index (χ3v) is 9.15. The zero-order chi connectivity index (χ0) is 30.1. The molecule has 224 valence electrons. The van der Waals surface area contributed by atoms with Gasteiger partial charge in [-0.05, 0) is 116 Å². The molecule has 0 radical (unpaired) electrons. The van der Waals surface area contributed by atoms with Crippen LogP contribution in [0.5, 0.6) is 0 Å². The molecule has 4 rings (SSSR count). The molecule has 0 aliphatic carbocycles. The predicted octanol–water partition coefficient (Wildman–Crippen LogP) is 9.68. The van der Waals surface area contributed by atoms with Gasteiger partial charge in [-0.25, -0.2) is 0 Å². The van der Waals surface area contributed by atoms with E-state index in [1.807, 2.05) is 19.3 Å². The molecule has 3 aromatic rings. The van der Waals surface area contributed by atoms with Gasteiger partial charge in [0.1, 0.15) is 0 Å². The molecule has 1 aromatic heterocycles. The van der Waals surface area contributed by atoms with Crippen molar-refractivity contribution in [2.75, 3.05) is 31.6 Å². The molecular weight excluding hydrogens is 510 g/mol. The van der Waals surface area contributed by atoms with Gasteiger partial charge < -0.3 is 4.90 Å². The van der Waals surface area contributed by atoms with Crippen molar-refractivity contribution in [3.05, 3.63) is 102 Å². The summed E-state index contributed by atoms with van der Waals surface area (Å²) in [4.78, 5) is 9.57. The van der Waals surface area contributed by atoms with E-state index in [1.165, 1.54) is 65.5 Å². The van der Waals surface area contributed by atoms with Gasteiger partial charge in [0.05, 0.1) is 11.9 Å². The summed E-state index contributed by atoms with van der Waals surface area (Å²) < 4.78 is 0. The van der Waals surface area contributed by atoms with E-state index in [0.29, 0.717) is 0 Å². The Hall–Kier alpha value is -3.17. The molecular formula is C39H53N3. The fourth-order valence-electron chi connectivity index (χ4n) is 6.69. The number of piperidine rings is 1. The molecule has 0 saturated carbocycles. The number of nitrogens with zero attached hydrogens (tertiary/aromatic N) is 3. The van der Waals surface area contributed by atoms with Crippen molar-refractivity contribution in [2.24, 2.45) is 5.41 Å². The van der Waals surface area contributed by atoms with Gasteiger partial charge in [-0.15, -0.1) is 6.58 Å². The maximum absolute atomic E-state index is 4.49. The number of unbranched alkanes of at least 4 members (excludes halogenated alkanes) is 1. The van der Waals surface area contributed by atoms with Crippen molar-refractivity contribution >= 4 is 11.3 Å². The number of pyridine rings is 1. The number of anilines is 1. The lowest BCUT2D eigenvalue weighted by Crippen LogP contribution is -2.45. The summed E-state index contributed by atoms with van der Waals surface area (Å²) in [5.74, 6) is 0. The first-order valence-electron chi connectivity index (χ1n) is 16.1. The Labute approximate surface area is 256 Å². The highest BCUT2D eigenvalue weighted by Gasteiger charge is 2.35. The Morgan fingerprint density at radius 3 is 2.31 bits per heavy atom. The van der Waals surface area contributed by atoms with Crippen LogP contribution in [0.25, 0.3) is 16.7 Å². The molecule has 1 saturated heterocycles. The molecule has 0 atom stereocenters. The average molecular weight is 564 g/mol. The SMILES string of the molecule is C=CCC1(CN(C)c2cncc(C(=C)C)c2)CCN(Cc2cc(CCC)c(-c3ccc(C)cc3)c(CCCC)c2)CC1. The van der Waals surface area contributed by atoms with Gasteiger partial charge in [0, 0.05) is 26.3 Å². The molecule has 0 N–H and O–H groups in total. The van der Waals surface area contributed by atoms with Crippen molar-refractivity contribution in [1.82, 2.24) is 9.88 Å². The second kappa shape index (κ2) is 14.8. The Balaban J connectivity index is 1.52. The minimum Gasteiger partial charge on any atom is -0.373 e. The first kappa shape index (κ1) is 31.8. The second-order valence-electron chi connectivity index (χ2n) is 12.8. The van der Waals surface area contributed by atoms with Crippen LogP contribution in [0.1, 0.15) is 87.1 Å². The topological polar surface area (TPSA) is 19.4 Å². The molecule has 3 nitrogen and oxygen atoms in total. The van der Waals surface area contributed by atoms with Gasteiger partial charge in [-0.1, -0.05) is 81.3 Å². The number of hydrogen-bond acceptors (Lipinski definition) is 3. The number of aromatic nitrogens is 1. The van der Waals surface area contributed by atoms with E-state index >= 15 is 0 Å². The van der Waals surface area contributed by atoms with Crippen molar-refractivity contribution < 1.29 is 0 Å². The van der Waals surface area contributed by atoms with Crippen molar-refractivity contribution in [2.45, 2.75) is 85.6 Å². The molecule has 0 bridgehead atoms. The third kappa shape index (κ3) is 8.01. The molecule has 1 fully saturated rings. The highest BCUT2D eigenvalue weighted by atomic mass is 15.2. The van der Waals surface area contributed by atoms with Crippen LogP contribution in [-0.2, 0) is 19.4 Å². The molecule has 2 heterocycles. The Morgan fingerprint density at radius 2 is 1.69 bits per heavy atom. The molecule has 3 heteroatoms. The van der Waals surface area contributed by atoms with E-state index < -0.39 is 0 Å². The van der Waals surface area contributed by atoms with Crippen LogP contribution in [0.2, 0.25) is 0 Å². The summed E-state index contributed by atoms with van der Waals surface area (Å²) in [5.41, 5.74) is 12.3. The average Bonchev–Trinajstić information content (AvgIpc) is 2.98. The van der Waals surface area contributed by atoms with Crippen LogP contribution in [0.15, 0.2) is 74.1 Å². The van der Waals surface area contributed by atoms with Crippen molar-refractivity contribution in [1.29, 1.82) is 0 Å². The van der Waals surface area contributed by atoms with E-state index in [0.717, 1.165) is 62.3 Å². The fourth-order valence-corrected chi connectivity index (χ4v) is 6.69. The normalized spacial score (nSPS) is 15.0. The van der Waals surface area contributed by atoms with E-state index in [4.69, 9.17) is 0 Å². The lowest BCUT2D eigenvalue weighted by molar-refractivity contribution is 0.106. The number of allylic oxidation sites excluding steroid dienone is 2. The second-order valence-corrected chi connectivity index (χ2v) is 12.8. The van der Waals surface area contributed by atoms with Crippen molar-refractivity contribution in [3.63, 3.8) is 0 Å². The maximum Gasteiger partial charge on any atom is 0.0556 e. The molecule has 42 heavy (non-hydrogen) atoms. The zero-order valence-electron chi connectivity index (χ0n) is 27.0. The Morgan fingerprint density at radius 1 is 1.00 bits per heavy atom. The minimum absolute atomic E-state index is 0.237. The molecule has 0 unspecified atom stereocenters. The predicted molar refractivity (Wildman–Crippen MR) is 183 cm³/mol. The van der Waals surface area contributed by atoms with Crippen LogP contribution in [-0.4, -0.2) is 36.6 Å².